The third kappa shape index (κ3) is 2.77. The van der Waals surface area contributed by atoms with E-state index in [0.29, 0.717) is 5.56 Å². The van der Waals surface area contributed by atoms with Gasteiger partial charge in [-0.05, 0) is 17.7 Å². The molecule has 18 heavy (non-hydrogen) atoms. The van der Waals surface area contributed by atoms with E-state index in [2.05, 4.69) is 4.98 Å². The largest absolute Gasteiger partial charge is 0.416 e. The number of aromatic nitrogens is 2. The maximum atomic E-state index is 12.5. The van der Waals surface area contributed by atoms with Gasteiger partial charge in [0.2, 0.25) is 0 Å². The van der Waals surface area contributed by atoms with Gasteiger partial charge < -0.3 is 0 Å². The standard InChI is InChI=1S/C12H9F3N2O/c13-12(14,15)10-3-1-2-9(6-10)7-17-8-16-5-4-11(17)18/h1-6,8H,7H2. The lowest BCUT2D eigenvalue weighted by atomic mass is 10.1. The third-order valence-electron chi connectivity index (χ3n) is 2.40. The molecular formula is C12H9F3N2O. The summed E-state index contributed by atoms with van der Waals surface area (Å²) < 4.78 is 38.8. The number of alkyl halides is 3. The average Bonchev–Trinajstić information content (AvgIpc) is 2.31. The molecule has 1 aromatic heterocycles. The first kappa shape index (κ1) is 12.3. The lowest BCUT2D eigenvalue weighted by Crippen LogP contribution is -2.19. The van der Waals surface area contributed by atoms with Crippen molar-refractivity contribution in [3.05, 3.63) is 64.3 Å². The number of benzene rings is 1. The monoisotopic (exact) mass is 254 g/mol. The van der Waals surface area contributed by atoms with Crippen molar-refractivity contribution in [2.75, 3.05) is 0 Å². The Morgan fingerprint density at radius 3 is 2.67 bits per heavy atom. The summed E-state index contributed by atoms with van der Waals surface area (Å²) in [7, 11) is 0. The van der Waals surface area contributed by atoms with Crippen LogP contribution in [-0.2, 0) is 12.7 Å². The summed E-state index contributed by atoms with van der Waals surface area (Å²) in [6, 6.07) is 6.14. The first-order chi connectivity index (χ1) is 8.47. The molecule has 0 spiro atoms. The molecule has 0 aliphatic heterocycles. The summed E-state index contributed by atoms with van der Waals surface area (Å²) in [4.78, 5) is 15.2. The molecule has 0 aliphatic rings. The van der Waals surface area contributed by atoms with E-state index < -0.39 is 11.7 Å². The summed E-state index contributed by atoms with van der Waals surface area (Å²) in [5.74, 6) is 0. The fourth-order valence-electron chi connectivity index (χ4n) is 1.54. The predicted octanol–water partition coefficient (Wildman–Crippen LogP) is 2.31. The Hall–Kier alpha value is -2.11. The molecule has 1 heterocycles. The van der Waals surface area contributed by atoms with E-state index in [0.717, 1.165) is 12.1 Å². The van der Waals surface area contributed by atoms with Gasteiger partial charge >= 0.3 is 6.18 Å². The van der Waals surface area contributed by atoms with E-state index >= 15 is 0 Å². The van der Waals surface area contributed by atoms with E-state index in [1.54, 1.807) is 0 Å². The first-order valence-electron chi connectivity index (χ1n) is 5.13. The molecule has 0 aliphatic carbocycles. The first-order valence-corrected chi connectivity index (χ1v) is 5.13. The molecule has 3 nitrogen and oxygen atoms in total. The second-order valence-electron chi connectivity index (χ2n) is 3.74. The van der Waals surface area contributed by atoms with Crippen LogP contribution in [0.5, 0.6) is 0 Å². The lowest BCUT2D eigenvalue weighted by molar-refractivity contribution is -0.137. The summed E-state index contributed by atoms with van der Waals surface area (Å²) in [5.41, 5.74) is -0.626. The number of rotatable bonds is 2. The average molecular weight is 254 g/mol. The number of nitrogens with zero attached hydrogens (tertiary/aromatic N) is 2. The number of hydrogen-bond acceptors (Lipinski definition) is 2. The summed E-state index contributed by atoms with van der Waals surface area (Å²) >= 11 is 0. The van der Waals surface area contributed by atoms with Crippen LogP contribution in [0.4, 0.5) is 13.2 Å². The highest BCUT2D eigenvalue weighted by molar-refractivity contribution is 5.25. The van der Waals surface area contributed by atoms with Crippen molar-refractivity contribution in [1.29, 1.82) is 0 Å². The minimum atomic E-state index is -4.38. The van der Waals surface area contributed by atoms with Crippen molar-refractivity contribution in [1.82, 2.24) is 9.55 Å². The van der Waals surface area contributed by atoms with Gasteiger partial charge in [0.1, 0.15) is 0 Å². The van der Waals surface area contributed by atoms with Crippen LogP contribution in [0.2, 0.25) is 0 Å². The molecule has 0 saturated heterocycles. The summed E-state index contributed by atoms with van der Waals surface area (Å²) in [5, 5.41) is 0. The molecule has 6 heteroatoms. The SMILES string of the molecule is O=c1ccncn1Cc1cccc(C(F)(F)F)c1. The Bertz CT molecular complexity index is 605. The van der Waals surface area contributed by atoms with Crippen molar-refractivity contribution in [3.63, 3.8) is 0 Å². The van der Waals surface area contributed by atoms with E-state index in [4.69, 9.17) is 0 Å². The number of halogens is 3. The minimum absolute atomic E-state index is 0.0661. The molecule has 0 N–H and O–H groups in total. The Morgan fingerprint density at radius 2 is 2.00 bits per heavy atom. The fourth-order valence-corrected chi connectivity index (χ4v) is 1.54. The lowest BCUT2D eigenvalue weighted by Gasteiger charge is -2.09. The van der Waals surface area contributed by atoms with Gasteiger partial charge in [0.05, 0.1) is 18.4 Å². The predicted molar refractivity (Wildman–Crippen MR) is 59.0 cm³/mol. The van der Waals surface area contributed by atoms with Crippen LogP contribution in [0.1, 0.15) is 11.1 Å². The van der Waals surface area contributed by atoms with Gasteiger partial charge in [0.15, 0.2) is 0 Å². The topological polar surface area (TPSA) is 34.9 Å². The third-order valence-corrected chi connectivity index (χ3v) is 2.40. The van der Waals surface area contributed by atoms with Crippen LogP contribution < -0.4 is 5.56 Å². The molecular weight excluding hydrogens is 245 g/mol. The van der Waals surface area contributed by atoms with Gasteiger partial charge in [0, 0.05) is 12.3 Å². The van der Waals surface area contributed by atoms with Crippen LogP contribution in [-0.4, -0.2) is 9.55 Å². The zero-order valence-electron chi connectivity index (χ0n) is 9.19. The van der Waals surface area contributed by atoms with Gasteiger partial charge in [-0.3, -0.25) is 9.36 Å². The minimum Gasteiger partial charge on any atom is -0.295 e. The zero-order chi connectivity index (χ0) is 13.2. The van der Waals surface area contributed by atoms with Gasteiger partial charge in [0.25, 0.3) is 5.56 Å². The van der Waals surface area contributed by atoms with E-state index in [9.17, 15) is 18.0 Å². The van der Waals surface area contributed by atoms with Crippen molar-refractivity contribution >= 4 is 0 Å². The van der Waals surface area contributed by atoms with Crippen LogP contribution in [0.3, 0.4) is 0 Å². The second-order valence-corrected chi connectivity index (χ2v) is 3.74. The summed E-state index contributed by atoms with van der Waals surface area (Å²) in [6.45, 7) is 0.0661. The molecule has 2 rings (SSSR count). The molecule has 94 valence electrons. The molecule has 0 radical (unpaired) electrons. The molecule has 0 bridgehead atoms. The Kier molecular flexibility index (Phi) is 3.18. The quantitative estimate of drug-likeness (QED) is 0.824. The van der Waals surface area contributed by atoms with Crippen molar-refractivity contribution in [2.24, 2.45) is 0 Å². The van der Waals surface area contributed by atoms with Crippen molar-refractivity contribution < 1.29 is 13.2 Å². The highest BCUT2D eigenvalue weighted by Gasteiger charge is 2.30. The zero-order valence-corrected chi connectivity index (χ0v) is 9.19. The maximum absolute atomic E-state index is 12.5. The highest BCUT2D eigenvalue weighted by Crippen LogP contribution is 2.29. The van der Waals surface area contributed by atoms with Crippen LogP contribution in [0.25, 0.3) is 0 Å². The number of hydrogen-bond donors (Lipinski definition) is 0. The molecule has 2 aromatic rings. The van der Waals surface area contributed by atoms with Gasteiger partial charge in [-0.15, -0.1) is 0 Å². The second kappa shape index (κ2) is 4.64. The Labute approximate surface area is 101 Å². The van der Waals surface area contributed by atoms with Crippen LogP contribution >= 0.6 is 0 Å². The molecule has 0 amide bonds. The molecule has 0 fully saturated rings. The Morgan fingerprint density at radius 1 is 1.22 bits per heavy atom. The molecule has 0 saturated carbocycles. The van der Waals surface area contributed by atoms with Crippen molar-refractivity contribution in [2.45, 2.75) is 12.7 Å². The molecule has 0 atom stereocenters. The van der Waals surface area contributed by atoms with Gasteiger partial charge in [-0.1, -0.05) is 12.1 Å². The highest BCUT2D eigenvalue weighted by atomic mass is 19.4. The normalized spacial score (nSPS) is 11.5. The van der Waals surface area contributed by atoms with E-state index in [-0.39, 0.29) is 12.1 Å². The fraction of sp³-hybridized carbons (Fsp3) is 0.167. The maximum Gasteiger partial charge on any atom is 0.416 e. The van der Waals surface area contributed by atoms with Crippen LogP contribution in [0, 0.1) is 0 Å². The van der Waals surface area contributed by atoms with E-state index in [1.165, 1.54) is 35.3 Å². The molecule has 1 aromatic carbocycles. The smallest absolute Gasteiger partial charge is 0.295 e. The molecule has 0 unspecified atom stereocenters. The Balaban J connectivity index is 2.31. The van der Waals surface area contributed by atoms with Crippen LogP contribution in [0.15, 0.2) is 47.7 Å². The van der Waals surface area contributed by atoms with E-state index in [1.807, 2.05) is 0 Å². The van der Waals surface area contributed by atoms with Gasteiger partial charge in [-0.25, -0.2) is 4.98 Å². The summed E-state index contributed by atoms with van der Waals surface area (Å²) in [6.07, 6.45) is -1.75. The van der Waals surface area contributed by atoms with Crippen molar-refractivity contribution in [3.8, 4) is 0 Å². The van der Waals surface area contributed by atoms with Gasteiger partial charge in [-0.2, -0.15) is 13.2 Å².